The molecule has 24 nitrogen and oxygen atoms in total. The Balaban J connectivity index is 0.000000456. The molecule has 123 heavy (non-hydrogen) atoms. The Hall–Kier alpha value is -11.5. The van der Waals surface area contributed by atoms with Crippen LogP contribution in [0.5, 0.6) is 0 Å². The van der Waals surface area contributed by atoms with Crippen LogP contribution in [0.2, 0.25) is 0 Å². The lowest BCUT2D eigenvalue weighted by atomic mass is 9.64. The van der Waals surface area contributed by atoms with E-state index in [1.165, 1.54) is 17.7 Å². The van der Waals surface area contributed by atoms with Gasteiger partial charge < -0.3 is 55.7 Å². The van der Waals surface area contributed by atoms with Crippen molar-refractivity contribution in [1.82, 2.24) is 15.5 Å². The SMILES string of the molecule is CCC(c1ccccc1)C1C(=O)OC(=O)C1C.CCCCN.CCCCNC(=O)C(C(CC(c1ccccc1)C1C(=O)OC(=O)C1C)C(=O)O)C(CC1C(=O)N(CCCC)C(=O)C1C(CC(C(=O)O)C(C(=O)OCCNC(=O)c1ccc(N(C)C)cc1)C(CC)c1ccccc1)c1ccccc1)c1ccccc1.CN(C)c1ccc(C(=O)CCCO)cc1. The number of amides is 4. The minimum atomic E-state index is -1.57. The Bertz CT molecular complexity index is 4530. The zero-order chi connectivity index (χ0) is 89.8. The van der Waals surface area contributed by atoms with Crippen LogP contribution in [0.1, 0.15) is 210 Å². The van der Waals surface area contributed by atoms with Crippen molar-refractivity contribution in [1.29, 1.82) is 0 Å². The number of hydrogen-bond acceptors (Lipinski definition) is 19. The first-order valence-corrected chi connectivity index (χ1v) is 43.3. The molecule has 3 saturated heterocycles. The van der Waals surface area contributed by atoms with Crippen molar-refractivity contribution in [3.63, 3.8) is 0 Å². The van der Waals surface area contributed by atoms with Gasteiger partial charge in [-0.1, -0.05) is 219 Å². The van der Waals surface area contributed by atoms with Crippen molar-refractivity contribution >= 4 is 82.6 Å². The number of aliphatic hydroxyl groups excluding tert-OH is 1. The molecule has 15 atom stereocenters. The van der Waals surface area contributed by atoms with Gasteiger partial charge in [-0.25, -0.2) is 0 Å². The van der Waals surface area contributed by atoms with Crippen molar-refractivity contribution in [2.75, 3.05) is 77.4 Å². The molecule has 0 aliphatic carbocycles. The second kappa shape index (κ2) is 50.2. The second-order valence-corrected chi connectivity index (χ2v) is 32.3. The van der Waals surface area contributed by atoms with E-state index in [4.69, 9.17) is 25.1 Å². The summed E-state index contributed by atoms with van der Waals surface area (Å²) in [6.07, 6.45) is 5.85. The first-order valence-electron chi connectivity index (χ1n) is 43.3. The molecule has 0 bridgehead atoms. The molecule has 3 aliphatic heterocycles. The van der Waals surface area contributed by atoms with Crippen molar-refractivity contribution in [2.24, 2.45) is 64.9 Å². The summed E-state index contributed by atoms with van der Waals surface area (Å²) < 4.78 is 15.8. The fourth-order valence-electron chi connectivity index (χ4n) is 17.0. The molecular weight excluding hydrogens is 1560 g/mol. The number of anilines is 2. The molecule has 660 valence electrons. The standard InChI is InChI=1S/C69H82N4O13.C14H16O3.C12H17NO2.C4H11N/c1-7-10-36-70-62(75)58(55(65(78)79)41-51(45-26-18-13-19-27-45)57-43(4)67(82)86-69(57)84)52(46-28-20-14-21-29-46)40-54-59(64(77)73(63(54)76)38-11-8-2)53(47-30-22-15-23-31-47)42-56(66(80)81)60(50(9-3)44-24-16-12-17-25-44)68(83)85-39-37-71-61(74)48-32-34-49(35-33-48)72(5)6;1-3-11(10-7-5-4-6-8-10)12-9(2)13(15)17-14(12)16;1-13(2)11-7-5-10(6-8-11)12(15)4-3-9-14;1-2-3-4-5/h12-35,43,50-60H,7-11,36-42H2,1-6H3,(H,70,75)(H,71,74)(H,78,79)(H,80,81);4-9,11-12H,3H2,1-2H3;5-8,14H,3-4,9H2,1-2H3;2-5H2,1H3. The second-order valence-electron chi connectivity index (χ2n) is 32.3. The molecule has 10 rings (SSSR count). The van der Waals surface area contributed by atoms with Crippen LogP contribution in [0.3, 0.4) is 0 Å². The number of Topliss-reactive ketones (excluding diaryl/α,β-unsaturated/α-hetero) is 1. The summed E-state index contributed by atoms with van der Waals surface area (Å²) in [5, 5.41) is 37.7. The number of ether oxygens (including phenoxy) is 3. The van der Waals surface area contributed by atoms with Crippen LogP contribution < -0.4 is 26.2 Å². The van der Waals surface area contributed by atoms with Crippen molar-refractivity contribution in [3.8, 4) is 0 Å². The molecule has 7 N–H and O–H groups in total. The molecule has 3 aliphatic rings. The number of nitrogens with zero attached hydrogens (tertiary/aromatic N) is 3. The highest BCUT2D eigenvalue weighted by Gasteiger charge is 2.56. The molecule has 0 radical (unpaired) electrons. The number of carboxylic acid groups (broad SMARTS) is 2. The fraction of sp³-hybridized carbons (Fsp3) is 0.455. The number of hydrogen-bond donors (Lipinski definition) is 6. The Morgan fingerprint density at radius 1 is 0.472 bits per heavy atom. The van der Waals surface area contributed by atoms with Crippen LogP contribution in [-0.4, -0.2) is 159 Å². The van der Waals surface area contributed by atoms with Crippen LogP contribution in [0.15, 0.2) is 200 Å². The number of unbranched alkanes of at least 4 members (excludes halogenated alkanes) is 3. The third-order valence-electron chi connectivity index (χ3n) is 23.8. The first kappa shape index (κ1) is 98.6. The topological polar surface area (TPSA) is 353 Å². The predicted molar refractivity (Wildman–Crippen MR) is 473 cm³/mol. The third-order valence-corrected chi connectivity index (χ3v) is 23.8. The molecule has 15 unspecified atom stereocenters. The summed E-state index contributed by atoms with van der Waals surface area (Å²) in [6, 6.07) is 59.6. The summed E-state index contributed by atoms with van der Waals surface area (Å²) >= 11 is 0. The maximum Gasteiger partial charge on any atom is 0.318 e. The van der Waals surface area contributed by atoms with Gasteiger partial charge in [0.2, 0.25) is 17.7 Å². The van der Waals surface area contributed by atoms with Gasteiger partial charge >= 0.3 is 41.8 Å². The fourth-order valence-corrected chi connectivity index (χ4v) is 17.0. The minimum absolute atomic E-state index is 0.0334. The first-order chi connectivity index (χ1) is 59.1. The number of aliphatic carboxylic acids is 2. The number of carbonyl (C=O) groups is 12. The normalized spacial score (nSPS) is 18.8. The van der Waals surface area contributed by atoms with E-state index in [9.17, 15) is 53.4 Å². The Morgan fingerprint density at radius 2 is 0.894 bits per heavy atom. The lowest BCUT2D eigenvalue weighted by Crippen LogP contribution is -2.44. The van der Waals surface area contributed by atoms with E-state index in [1.807, 2.05) is 138 Å². The highest BCUT2D eigenvalue weighted by molar-refractivity contribution is 6.06. The number of esters is 5. The summed E-state index contributed by atoms with van der Waals surface area (Å²) in [4.78, 5) is 170. The Morgan fingerprint density at radius 3 is 1.29 bits per heavy atom. The number of carbonyl (C=O) groups excluding carboxylic acids is 10. The molecular formula is C99H126N6O18. The monoisotopic (exact) mass is 1690 g/mol. The molecule has 4 amide bonds. The van der Waals surface area contributed by atoms with Crippen molar-refractivity contribution in [3.05, 3.63) is 239 Å². The number of cyclic esters (lactones) is 4. The van der Waals surface area contributed by atoms with Crippen molar-refractivity contribution in [2.45, 2.75) is 162 Å². The van der Waals surface area contributed by atoms with Crippen LogP contribution in [0.4, 0.5) is 11.4 Å². The van der Waals surface area contributed by atoms with Gasteiger partial charge in [-0.2, -0.15) is 0 Å². The van der Waals surface area contributed by atoms with E-state index in [0.717, 1.165) is 29.9 Å². The van der Waals surface area contributed by atoms with Gasteiger partial charge in [0.15, 0.2) is 5.78 Å². The number of nitrogens with one attached hydrogen (secondary N) is 2. The third kappa shape index (κ3) is 27.2. The van der Waals surface area contributed by atoms with Gasteiger partial charge in [-0.15, -0.1) is 0 Å². The van der Waals surface area contributed by atoms with E-state index in [2.05, 4.69) is 17.6 Å². The summed E-state index contributed by atoms with van der Waals surface area (Å²) in [6.45, 7) is 14.0. The Kier molecular flexibility index (Phi) is 40.2. The van der Waals surface area contributed by atoms with E-state index in [-0.39, 0.29) is 81.6 Å². The molecule has 3 fully saturated rings. The molecule has 7 aromatic carbocycles. The largest absolute Gasteiger partial charge is 0.481 e. The average molecular weight is 1690 g/mol. The van der Waals surface area contributed by atoms with Gasteiger partial charge in [0.05, 0.1) is 65.7 Å². The maximum absolute atomic E-state index is 15.7. The summed E-state index contributed by atoms with van der Waals surface area (Å²) in [5.74, 6) is -22.9. The molecule has 0 saturated carbocycles. The molecule has 0 spiro atoms. The van der Waals surface area contributed by atoms with Crippen LogP contribution in [-0.2, 0) is 62.2 Å². The summed E-state index contributed by atoms with van der Waals surface area (Å²) in [5.41, 5.74) is 11.6. The molecule has 7 aromatic rings. The number of ketones is 1. The molecule has 3 heterocycles. The maximum atomic E-state index is 15.7. The smallest absolute Gasteiger partial charge is 0.318 e. The lowest BCUT2D eigenvalue weighted by Gasteiger charge is -2.37. The minimum Gasteiger partial charge on any atom is -0.481 e. The number of nitrogens with two attached hydrogens (primary N) is 1. The lowest BCUT2D eigenvalue weighted by molar-refractivity contribution is -0.159. The van der Waals surface area contributed by atoms with Crippen molar-refractivity contribution < 1.29 is 87.1 Å². The average Bonchev–Trinajstić information content (AvgIpc) is 1.62. The highest BCUT2D eigenvalue weighted by Crippen LogP contribution is 2.52. The quantitative estimate of drug-likeness (QED) is 0.00517. The zero-order valence-corrected chi connectivity index (χ0v) is 73.0. The van der Waals surface area contributed by atoms with E-state index >= 15 is 14.4 Å². The number of benzene rings is 7. The van der Waals surface area contributed by atoms with E-state index in [1.54, 1.807) is 141 Å². The number of aliphatic hydroxyl groups is 1. The zero-order valence-electron chi connectivity index (χ0n) is 73.0. The number of rotatable bonds is 42. The van der Waals surface area contributed by atoms with Gasteiger partial charge in [-0.05, 0) is 170 Å². The van der Waals surface area contributed by atoms with Crippen LogP contribution in [0, 0.1) is 59.2 Å². The Labute approximate surface area is 724 Å². The number of likely N-dealkylation sites (tertiary alicyclic amines) is 1. The summed E-state index contributed by atoms with van der Waals surface area (Å²) in [7, 11) is 7.69. The molecule has 0 aromatic heterocycles. The molecule has 24 heteroatoms. The van der Waals surface area contributed by atoms with Gasteiger partial charge in [0, 0.05) is 76.8 Å². The van der Waals surface area contributed by atoms with Crippen LogP contribution >= 0.6 is 0 Å². The van der Waals surface area contributed by atoms with E-state index < -0.39 is 130 Å². The predicted octanol–water partition coefficient (Wildman–Crippen LogP) is 15.0. The number of carboxylic acids is 2. The van der Waals surface area contributed by atoms with Crippen LogP contribution in [0.25, 0.3) is 0 Å². The van der Waals surface area contributed by atoms with E-state index in [0.29, 0.717) is 78.3 Å². The highest BCUT2D eigenvalue weighted by atomic mass is 16.6. The van der Waals surface area contributed by atoms with Gasteiger partial charge in [0.1, 0.15) is 6.61 Å². The number of imide groups is 1. The van der Waals surface area contributed by atoms with Gasteiger partial charge in [0.25, 0.3) is 5.91 Å². The van der Waals surface area contributed by atoms with Gasteiger partial charge in [-0.3, -0.25) is 62.4 Å².